The van der Waals surface area contributed by atoms with Crippen molar-refractivity contribution in [1.29, 1.82) is 0 Å². The van der Waals surface area contributed by atoms with E-state index in [0.717, 1.165) is 29.9 Å². The van der Waals surface area contributed by atoms with Crippen molar-refractivity contribution in [3.63, 3.8) is 0 Å². The molecule has 0 fully saturated rings. The molecule has 3 N–H and O–H groups in total. The van der Waals surface area contributed by atoms with Crippen LogP contribution in [0.1, 0.15) is 56.6 Å². The fourth-order valence-corrected chi connectivity index (χ4v) is 3.76. The van der Waals surface area contributed by atoms with E-state index in [9.17, 15) is 4.79 Å². The highest BCUT2D eigenvalue weighted by Gasteiger charge is 2.24. The van der Waals surface area contributed by atoms with Gasteiger partial charge in [-0.05, 0) is 68.5 Å². The number of hydrogen-bond donors (Lipinski definition) is 2. The van der Waals surface area contributed by atoms with Crippen LogP contribution in [0, 0.1) is 0 Å². The van der Waals surface area contributed by atoms with Gasteiger partial charge in [0.15, 0.2) is 0 Å². The predicted octanol–water partition coefficient (Wildman–Crippen LogP) is 5.02. The minimum Gasteiger partial charge on any atom is -0.444 e. The summed E-state index contributed by atoms with van der Waals surface area (Å²) in [4.78, 5) is 18.4. The zero-order valence-electron chi connectivity index (χ0n) is 20.3. The number of nitrogens with two attached hydrogens (primary N) is 1. The molecular formula is C26H35N5O2. The van der Waals surface area contributed by atoms with Crippen LogP contribution in [0.15, 0.2) is 43.0 Å². The number of imidazole rings is 1. The first-order valence-corrected chi connectivity index (χ1v) is 11.3. The summed E-state index contributed by atoms with van der Waals surface area (Å²) < 4.78 is 7.40. The summed E-state index contributed by atoms with van der Waals surface area (Å²) in [5.74, 6) is 0.536. The molecule has 0 saturated heterocycles. The summed E-state index contributed by atoms with van der Waals surface area (Å²) in [6.07, 6.45) is 8.83. The smallest absolute Gasteiger partial charge is 0.410 e. The van der Waals surface area contributed by atoms with Crippen LogP contribution >= 0.6 is 0 Å². The molecule has 1 aromatic heterocycles. The van der Waals surface area contributed by atoms with Crippen LogP contribution in [-0.2, 0) is 18.2 Å². The second-order valence-electron chi connectivity index (χ2n) is 9.19. The molecule has 7 nitrogen and oxygen atoms in total. The van der Waals surface area contributed by atoms with Crippen molar-refractivity contribution in [3.8, 4) is 0 Å². The summed E-state index contributed by atoms with van der Waals surface area (Å²) in [6.45, 7) is 12.8. The molecule has 0 unspecified atom stereocenters. The number of carbonyl (C=O) groups excluding carboxylic acids is 1. The molecule has 0 spiro atoms. The van der Waals surface area contributed by atoms with E-state index in [0.29, 0.717) is 18.9 Å². The van der Waals surface area contributed by atoms with Crippen LogP contribution in [0.5, 0.6) is 0 Å². The van der Waals surface area contributed by atoms with E-state index in [1.165, 1.54) is 16.7 Å². The Balaban J connectivity index is 1.74. The van der Waals surface area contributed by atoms with E-state index in [1.807, 2.05) is 38.5 Å². The van der Waals surface area contributed by atoms with Crippen molar-refractivity contribution in [1.82, 2.24) is 14.5 Å². The summed E-state index contributed by atoms with van der Waals surface area (Å²) in [6, 6.07) is 6.36. The molecule has 1 amide bonds. The van der Waals surface area contributed by atoms with Crippen LogP contribution < -0.4 is 11.1 Å². The van der Waals surface area contributed by atoms with Crippen LogP contribution in [0.2, 0.25) is 0 Å². The molecular weight excluding hydrogens is 414 g/mol. The maximum absolute atomic E-state index is 12.3. The van der Waals surface area contributed by atoms with E-state index >= 15 is 0 Å². The quantitative estimate of drug-likeness (QED) is 0.647. The number of nitrogens with zero attached hydrogens (tertiary/aromatic N) is 3. The maximum Gasteiger partial charge on any atom is 0.410 e. The Kier molecular flexibility index (Phi) is 7.31. The first-order chi connectivity index (χ1) is 15.6. The normalized spacial score (nSPS) is 14.6. The summed E-state index contributed by atoms with van der Waals surface area (Å²) in [5.41, 5.74) is 12.1. The predicted molar refractivity (Wildman–Crippen MR) is 135 cm³/mol. The van der Waals surface area contributed by atoms with Crippen molar-refractivity contribution < 1.29 is 9.53 Å². The molecule has 3 rings (SSSR count). The molecule has 33 heavy (non-hydrogen) atoms. The fourth-order valence-electron chi connectivity index (χ4n) is 3.76. The number of anilines is 1. The third-order valence-corrected chi connectivity index (χ3v) is 5.49. The molecule has 0 saturated carbocycles. The van der Waals surface area contributed by atoms with Crippen LogP contribution in [0.3, 0.4) is 0 Å². The van der Waals surface area contributed by atoms with Crippen molar-refractivity contribution in [2.45, 2.75) is 46.1 Å². The first-order valence-electron chi connectivity index (χ1n) is 11.3. The standard InChI is InChI=1S/C26H35N5O2/c1-7-18-15-20(19-11-13-31(14-12-19)25(32)33-26(3,4)5)9-10-22(18)29-24(27)16-23-21(8-2)28-17-30(23)6/h8-11,15-17,29H,2,7,12-14,27H2,1,3-6H3/b24-16+. The number of ether oxygens (including phenoxy) is 1. The van der Waals surface area contributed by atoms with Crippen LogP contribution in [0.4, 0.5) is 10.5 Å². The Hall–Kier alpha value is -3.48. The number of carbonyl (C=O) groups is 1. The largest absolute Gasteiger partial charge is 0.444 e. The second kappa shape index (κ2) is 9.98. The lowest BCUT2D eigenvalue weighted by Gasteiger charge is -2.29. The molecule has 0 atom stereocenters. The number of amides is 1. The van der Waals surface area contributed by atoms with Gasteiger partial charge in [0.05, 0.1) is 17.7 Å². The van der Waals surface area contributed by atoms with Gasteiger partial charge in [0.1, 0.15) is 11.4 Å². The first kappa shape index (κ1) is 24.2. The van der Waals surface area contributed by atoms with Gasteiger partial charge in [0, 0.05) is 31.9 Å². The molecule has 0 bridgehead atoms. The van der Waals surface area contributed by atoms with Crippen molar-refractivity contribution in [2.24, 2.45) is 12.8 Å². The maximum atomic E-state index is 12.3. The number of hydrogen-bond acceptors (Lipinski definition) is 5. The monoisotopic (exact) mass is 449 g/mol. The average Bonchev–Trinajstić information content (AvgIpc) is 3.12. The highest BCUT2D eigenvalue weighted by atomic mass is 16.6. The number of rotatable bonds is 6. The number of aromatic nitrogens is 2. The fraction of sp³-hybridized carbons (Fsp3) is 0.385. The molecule has 1 aliphatic heterocycles. The van der Waals surface area contributed by atoms with Gasteiger partial charge in [0.25, 0.3) is 0 Å². The Labute approximate surface area is 196 Å². The van der Waals surface area contributed by atoms with Gasteiger partial charge >= 0.3 is 6.09 Å². The van der Waals surface area contributed by atoms with Crippen LogP contribution in [-0.4, -0.2) is 39.2 Å². The van der Waals surface area contributed by atoms with Gasteiger partial charge in [-0.1, -0.05) is 25.6 Å². The van der Waals surface area contributed by atoms with Gasteiger partial charge in [0.2, 0.25) is 0 Å². The van der Waals surface area contributed by atoms with Crippen molar-refractivity contribution in [3.05, 3.63) is 65.5 Å². The lowest BCUT2D eigenvalue weighted by molar-refractivity contribution is 0.0270. The van der Waals surface area contributed by atoms with Gasteiger partial charge in [-0.3, -0.25) is 0 Å². The molecule has 176 valence electrons. The van der Waals surface area contributed by atoms with E-state index < -0.39 is 5.60 Å². The van der Waals surface area contributed by atoms with Gasteiger partial charge in [-0.25, -0.2) is 9.78 Å². The Morgan fingerprint density at radius 1 is 1.36 bits per heavy atom. The lowest BCUT2D eigenvalue weighted by atomic mass is 9.96. The van der Waals surface area contributed by atoms with Gasteiger partial charge in [-0.15, -0.1) is 0 Å². The second-order valence-corrected chi connectivity index (χ2v) is 9.19. The number of aryl methyl sites for hydroxylation is 2. The van der Waals surface area contributed by atoms with Gasteiger partial charge in [-0.2, -0.15) is 0 Å². The minimum absolute atomic E-state index is 0.262. The third kappa shape index (κ3) is 6.06. The van der Waals surface area contributed by atoms with E-state index in [2.05, 4.69) is 48.1 Å². The molecule has 2 heterocycles. The molecule has 7 heteroatoms. The highest BCUT2D eigenvalue weighted by molar-refractivity contribution is 5.74. The molecule has 1 aliphatic rings. The summed E-state index contributed by atoms with van der Waals surface area (Å²) >= 11 is 0. The lowest BCUT2D eigenvalue weighted by Crippen LogP contribution is -2.39. The Morgan fingerprint density at radius 2 is 2.12 bits per heavy atom. The minimum atomic E-state index is -0.486. The highest BCUT2D eigenvalue weighted by Crippen LogP contribution is 2.28. The zero-order chi connectivity index (χ0) is 24.2. The summed E-state index contributed by atoms with van der Waals surface area (Å²) in [5, 5.41) is 3.33. The third-order valence-electron chi connectivity index (χ3n) is 5.49. The number of nitrogens with one attached hydrogen (secondary N) is 1. The zero-order valence-corrected chi connectivity index (χ0v) is 20.3. The van der Waals surface area contributed by atoms with E-state index in [-0.39, 0.29) is 6.09 Å². The average molecular weight is 450 g/mol. The SMILES string of the molecule is C=Cc1ncn(C)c1/C=C(\N)Nc1ccc(C2=CCN(C(=O)OC(C)(C)C)CC2)cc1CC. The Morgan fingerprint density at radius 3 is 2.73 bits per heavy atom. The van der Waals surface area contributed by atoms with Crippen molar-refractivity contribution in [2.75, 3.05) is 18.4 Å². The van der Waals surface area contributed by atoms with Crippen molar-refractivity contribution >= 4 is 29.5 Å². The molecule has 2 aromatic rings. The Bertz CT molecular complexity index is 1090. The topological polar surface area (TPSA) is 85.4 Å². The molecule has 1 aromatic carbocycles. The van der Waals surface area contributed by atoms with Gasteiger partial charge < -0.3 is 25.3 Å². The van der Waals surface area contributed by atoms with E-state index in [4.69, 9.17) is 10.5 Å². The summed E-state index contributed by atoms with van der Waals surface area (Å²) in [7, 11) is 1.92. The van der Waals surface area contributed by atoms with Crippen LogP contribution in [0.25, 0.3) is 17.7 Å². The number of benzene rings is 1. The molecule has 0 radical (unpaired) electrons. The van der Waals surface area contributed by atoms with E-state index in [1.54, 1.807) is 17.3 Å². The molecule has 0 aliphatic carbocycles.